The fourth-order valence-corrected chi connectivity index (χ4v) is 3.17. The van der Waals surface area contributed by atoms with Crippen molar-refractivity contribution in [1.29, 1.82) is 0 Å². The van der Waals surface area contributed by atoms with Gasteiger partial charge in [0.15, 0.2) is 0 Å². The van der Waals surface area contributed by atoms with Crippen LogP contribution in [0.1, 0.15) is 56.5 Å². The van der Waals surface area contributed by atoms with Gasteiger partial charge in [-0.15, -0.1) is 0 Å². The van der Waals surface area contributed by atoms with Crippen LogP contribution in [0.15, 0.2) is 6.07 Å². The molecule has 1 aliphatic heterocycles. The number of carbonyl (C=O) groups is 3. The minimum absolute atomic E-state index is 0.00467. The van der Waals surface area contributed by atoms with Crippen molar-refractivity contribution in [2.75, 3.05) is 6.79 Å². The predicted molar refractivity (Wildman–Crippen MR) is 111 cm³/mol. The summed E-state index contributed by atoms with van der Waals surface area (Å²) in [5, 5.41) is 12.9. The summed E-state index contributed by atoms with van der Waals surface area (Å²) in [5.41, 5.74) is -0.484. The van der Waals surface area contributed by atoms with Crippen molar-refractivity contribution in [2.45, 2.75) is 52.9 Å². The number of benzene rings is 1. The van der Waals surface area contributed by atoms with Gasteiger partial charge < -0.3 is 24.5 Å². The normalized spacial score (nSPS) is 15.7. The Morgan fingerprint density at radius 1 is 1.30 bits per heavy atom. The third-order valence-electron chi connectivity index (χ3n) is 4.29. The molecule has 1 heterocycles. The van der Waals surface area contributed by atoms with Crippen LogP contribution in [0, 0.1) is 5.41 Å². The molecule has 2 N–H and O–H groups in total. The van der Waals surface area contributed by atoms with Crippen molar-refractivity contribution >= 4 is 48.2 Å². The summed E-state index contributed by atoms with van der Waals surface area (Å²) < 4.78 is 15.4. The number of carbonyl (C=O) groups excluding carboxylic acids is 3. The monoisotopic (exact) mass is 459 g/mol. The number of fused-ring (bicyclic) bond motifs is 1. The molecule has 1 aromatic carbocycles. The summed E-state index contributed by atoms with van der Waals surface area (Å²) >= 11 is 12.3. The van der Waals surface area contributed by atoms with Crippen molar-refractivity contribution in [1.82, 2.24) is 5.32 Å². The molecule has 1 aliphatic rings. The molecule has 0 aromatic heterocycles. The van der Waals surface area contributed by atoms with Gasteiger partial charge in [0.05, 0.1) is 21.4 Å². The van der Waals surface area contributed by atoms with Crippen LogP contribution in [0.5, 0.6) is 5.75 Å². The van der Waals surface area contributed by atoms with Crippen molar-refractivity contribution < 1.29 is 33.5 Å². The number of esters is 2. The SMILES string of the molecule is CCCC(=O)NC1Cc2cc(Cl)c(Cl)c(C(=O)OCOC(=O)C(C)(C)C)c2OB1O. The van der Waals surface area contributed by atoms with E-state index in [1.807, 2.05) is 6.92 Å². The minimum atomic E-state index is -1.40. The second kappa shape index (κ2) is 9.89. The minimum Gasteiger partial charge on any atom is -0.534 e. The molecule has 1 amide bonds. The molecule has 0 spiro atoms. The lowest BCUT2D eigenvalue weighted by atomic mass is 9.72. The summed E-state index contributed by atoms with van der Waals surface area (Å²) in [5.74, 6) is -2.42. The average molecular weight is 460 g/mol. The zero-order valence-corrected chi connectivity index (χ0v) is 18.7. The van der Waals surface area contributed by atoms with Crippen LogP contribution in [0.3, 0.4) is 0 Å². The smallest absolute Gasteiger partial charge is 0.534 e. The quantitative estimate of drug-likeness (QED) is 0.382. The first-order valence-electron chi connectivity index (χ1n) is 9.45. The van der Waals surface area contributed by atoms with E-state index >= 15 is 0 Å². The molecule has 1 unspecified atom stereocenters. The first-order valence-corrected chi connectivity index (χ1v) is 10.2. The number of ether oxygens (including phenoxy) is 2. The first-order chi connectivity index (χ1) is 14.0. The van der Waals surface area contributed by atoms with E-state index in [1.54, 1.807) is 20.8 Å². The van der Waals surface area contributed by atoms with Crippen molar-refractivity contribution in [3.63, 3.8) is 0 Å². The molecule has 0 saturated heterocycles. The van der Waals surface area contributed by atoms with Gasteiger partial charge in [-0.1, -0.05) is 30.1 Å². The second-order valence-corrected chi connectivity index (χ2v) is 8.69. The maximum atomic E-state index is 12.6. The molecular weight excluding hydrogens is 436 g/mol. The van der Waals surface area contributed by atoms with Crippen LogP contribution in [-0.4, -0.2) is 42.7 Å². The Kier molecular flexibility index (Phi) is 8.02. The van der Waals surface area contributed by atoms with Crippen LogP contribution in [0.25, 0.3) is 0 Å². The van der Waals surface area contributed by atoms with Gasteiger partial charge in [0.25, 0.3) is 0 Å². The Labute approximate surface area is 185 Å². The molecule has 0 aliphatic carbocycles. The summed E-state index contributed by atoms with van der Waals surface area (Å²) in [6, 6.07) is 1.50. The van der Waals surface area contributed by atoms with Gasteiger partial charge in [-0.25, -0.2) is 4.79 Å². The zero-order chi connectivity index (χ0) is 22.6. The number of nitrogens with one attached hydrogen (secondary N) is 1. The first kappa shape index (κ1) is 24.3. The van der Waals surface area contributed by atoms with Gasteiger partial charge in [0.1, 0.15) is 11.3 Å². The van der Waals surface area contributed by atoms with E-state index in [0.717, 1.165) is 0 Å². The summed E-state index contributed by atoms with van der Waals surface area (Å²) in [7, 11) is -1.40. The summed E-state index contributed by atoms with van der Waals surface area (Å²) in [6.45, 7) is 6.22. The largest absolute Gasteiger partial charge is 0.547 e. The predicted octanol–water partition coefficient (Wildman–Crippen LogP) is 2.94. The number of amides is 1. The summed E-state index contributed by atoms with van der Waals surface area (Å²) in [6.07, 6.45) is 1.13. The Balaban J connectivity index is 2.20. The van der Waals surface area contributed by atoms with Crippen LogP contribution >= 0.6 is 23.2 Å². The second-order valence-electron chi connectivity index (χ2n) is 7.90. The van der Waals surface area contributed by atoms with E-state index in [4.69, 9.17) is 37.3 Å². The van der Waals surface area contributed by atoms with Gasteiger partial charge in [0.2, 0.25) is 12.7 Å². The maximum absolute atomic E-state index is 12.6. The highest BCUT2D eigenvalue weighted by molar-refractivity contribution is 6.48. The van der Waals surface area contributed by atoms with Crippen LogP contribution in [-0.2, 0) is 25.5 Å². The lowest BCUT2D eigenvalue weighted by molar-refractivity contribution is -0.161. The van der Waals surface area contributed by atoms with E-state index in [1.165, 1.54) is 6.07 Å². The lowest BCUT2D eigenvalue weighted by Gasteiger charge is -2.29. The average Bonchev–Trinajstić information content (AvgIpc) is 2.63. The number of hydrogen-bond acceptors (Lipinski definition) is 7. The van der Waals surface area contributed by atoms with Gasteiger partial charge >= 0.3 is 19.1 Å². The highest BCUT2D eigenvalue weighted by atomic mass is 35.5. The third-order valence-corrected chi connectivity index (χ3v) is 5.08. The van der Waals surface area contributed by atoms with E-state index in [0.29, 0.717) is 18.4 Å². The molecule has 8 nitrogen and oxygen atoms in total. The molecular formula is C19H24BCl2NO7. The number of hydrogen-bond donors (Lipinski definition) is 2. The highest BCUT2D eigenvalue weighted by Gasteiger charge is 2.39. The molecule has 0 fully saturated rings. The highest BCUT2D eigenvalue weighted by Crippen LogP contribution is 2.40. The van der Waals surface area contributed by atoms with E-state index in [2.05, 4.69) is 5.32 Å². The summed E-state index contributed by atoms with van der Waals surface area (Å²) in [4.78, 5) is 36.2. The third kappa shape index (κ3) is 5.80. The maximum Gasteiger partial charge on any atom is 0.547 e. The van der Waals surface area contributed by atoms with Crippen LogP contribution in [0.4, 0.5) is 0 Å². The fourth-order valence-electron chi connectivity index (χ4n) is 2.72. The molecule has 0 saturated carbocycles. The number of rotatable bonds is 6. The molecule has 30 heavy (non-hydrogen) atoms. The Hall–Kier alpha value is -1.97. The van der Waals surface area contributed by atoms with Gasteiger partial charge in [-0.3, -0.25) is 9.59 Å². The molecule has 0 bridgehead atoms. The topological polar surface area (TPSA) is 111 Å². The van der Waals surface area contributed by atoms with Gasteiger partial charge in [-0.2, -0.15) is 0 Å². The molecule has 164 valence electrons. The fraction of sp³-hybridized carbons (Fsp3) is 0.526. The lowest BCUT2D eigenvalue weighted by Crippen LogP contribution is -2.53. The van der Waals surface area contributed by atoms with Gasteiger partial charge in [0, 0.05) is 6.42 Å². The van der Waals surface area contributed by atoms with E-state index < -0.39 is 37.2 Å². The van der Waals surface area contributed by atoms with Crippen molar-refractivity contribution in [3.8, 4) is 5.75 Å². The van der Waals surface area contributed by atoms with E-state index in [-0.39, 0.29) is 33.7 Å². The Bertz CT molecular complexity index is 841. The zero-order valence-electron chi connectivity index (χ0n) is 17.2. The van der Waals surface area contributed by atoms with Gasteiger partial charge in [-0.05, 0) is 45.2 Å². The Morgan fingerprint density at radius 3 is 2.57 bits per heavy atom. The van der Waals surface area contributed by atoms with Crippen LogP contribution < -0.4 is 9.97 Å². The standard InChI is InChI=1S/C19H24BCl2NO7/c1-5-6-13(24)23-12-8-10-7-11(21)15(22)14(16(10)30-20(12)27)17(25)28-9-29-18(26)19(2,3)4/h7,12,27H,5-6,8-9H2,1-4H3,(H,23,24). The van der Waals surface area contributed by atoms with Crippen molar-refractivity contribution in [3.05, 3.63) is 27.2 Å². The van der Waals surface area contributed by atoms with Crippen LogP contribution in [0.2, 0.25) is 10.0 Å². The molecule has 2 rings (SSSR count). The molecule has 11 heteroatoms. The van der Waals surface area contributed by atoms with E-state index in [9.17, 15) is 19.4 Å². The molecule has 1 atom stereocenters. The van der Waals surface area contributed by atoms with Crippen molar-refractivity contribution in [2.24, 2.45) is 5.41 Å². The number of halogens is 2. The Morgan fingerprint density at radius 2 is 1.97 bits per heavy atom. The molecule has 0 radical (unpaired) electrons. The molecule has 1 aromatic rings.